The van der Waals surface area contributed by atoms with Crippen LogP contribution in [0.3, 0.4) is 0 Å². The Hall–Kier alpha value is -1.26. The van der Waals surface area contributed by atoms with Crippen LogP contribution < -0.4 is 5.73 Å². The molecule has 1 amide bonds. The molecule has 2 rings (SSSR count). The topological polar surface area (TPSA) is 101 Å². The molecule has 0 heterocycles. The molecule has 100 valence electrons. The summed E-state index contributed by atoms with van der Waals surface area (Å²) in [5, 5.41) is 13.9. The fourth-order valence-electron chi connectivity index (χ4n) is 1.20. The highest BCUT2D eigenvalue weighted by atomic mass is 16.6. The van der Waals surface area contributed by atoms with Crippen LogP contribution in [0.5, 0.6) is 0 Å². The van der Waals surface area contributed by atoms with Gasteiger partial charge in [-0.15, -0.1) is 0 Å². The second kappa shape index (κ2) is 5.38. The van der Waals surface area contributed by atoms with E-state index in [0.29, 0.717) is 0 Å². The third-order valence-corrected chi connectivity index (χ3v) is 3.11. The van der Waals surface area contributed by atoms with Crippen molar-refractivity contribution in [2.75, 3.05) is 0 Å². The van der Waals surface area contributed by atoms with Crippen LogP contribution in [-0.4, -0.2) is 22.3 Å². The first-order valence-corrected chi connectivity index (χ1v) is 5.69. The predicted molar refractivity (Wildman–Crippen MR) is 64.8 cm³/mol. The maximum atomic E-state index is 10.4. The Balaban J connectivity index is 0.000000246. The quantitative estimate of drug-likeness (QED) is 0.660. The molecular weight excluding hydrogens is 222 g/mol. The van der Waals surface area contributed by atoms with Crippen LogP contribution >= 0.6 is 0 Å². The summed E-state index contributed by atoms with van der Waals surface area (Å²) in [6, 6.07) is 0. The van der Waals surface area contributed by atoms with Gasteiger partial charge >= 0.3 is 6.16 Å². The van der Waals surface area contributed by atoms with E-state index in [1.165, 1.54) is 12.8 Å². The lowest BCUT2D eigenvalue weighted by atomic mass is 10.1. The van der Waals surface area contributed by atoms with Crippen LogP contribution in [0, 0.1) is 16.7 Å². The molecule has 2 aliphatic rings. The Kier molecular flexibility index (Phi) is 4.98. The number of nitrogens with two attached hydrogens (primary N) is 1. The maximum absolute atomic E-state index is 10.4. The normalized spacial score (nSPS) is 25.3. The van der Waals surface area contributed by atoms with Gasteiger partial charge in [-0.05, 0) is 30.1 Å². The van der Waals surface area contributed by atoms with Crippen LogP contribution in [0.2, 0.25) is 0 Å². The second-order valence-corrected chi connectivity index (χ2v) is 6.09. The molecule has 5 heteroatoms. The minimum Gasteiger partial charge on any atom is -0.450 e. The Bertz CT molecular complexity index is 287. The lowest BCUT2D eigenvalue weighted by Gasteiger charge is -1.95. The lowest BCUT2D eigenvalue weighted by molar-refractivity contribution is -0.119. The molecule has 0 aromatic heterocycles. The number of rotatable bonds is 1. The van der Waals surface area contributed by atoms with Crippen molar-refractivity contribution in [3.8, 4) is 0 Å². The highest BCUT2D eigenvalue weighted by Gasteiger charge is 2.49. The molecule has 2 saturated carbocycles. The fourth-order valence-corrected chi connectivity index (χ4v) is 1.20. The minimum atomic E-state index is -1.83. The van der Waals surface area contributed by atoms with Gasteiger partial charge in [-0.1, -0.05) is 27.7 Å². The molecule has 17 heavy (non-hydrogen) atoms. The van der Waals surface area contributed by atoms with Crippen molar-refractivity contribution in [2.24, 2.45) is 22.5 Å². The van der Waals surface area contributed by atoms with Crippen LogP contribution in [0.25, 0.3) is 0 Å². The van der Waals surface area contributed by atoms with Crippen LogP contribution in [0.15, 0.2) is 0 Å². The first-order valence-electron chi connectivity index (χ1n) is 5.69. The van der Waals surface area contributed by atoms with Crippen LogP contribution in [-0.2, 0) is 4.79 Å². The van der Waals surface area contributed by atoms with Crippen molar-refractivity contribution in [3.63, 3.8) is 0 Å². The van der Waals surface area contributed by atoms with E-state index in [0.717, 1.165) is 11.8 Å². The van der Waals surface area contributed by atoms with E-state index in [-0.39, 0.29) is 17.2 Å². The van der Waals surface area contributed by atoms with E-state index < -0.39 is 6.16 Å². The summed E-state index contributed by atoms with van der Waals surface area (Å²) in [6.07, 6.45) is 2.04. The average Bonchev–Trinajstić information content (AvgIpc) is 2.92. The second-order valence-electron chi connectivity index (χ2n) is 6.09. The first kappa shape index (κ1) is 15.7. The van der Waals surface area contributed by atoms with E-state index in [4.69, 9.17) is 20.7 Å². The van der Waals surface area contributed by atoms with Crippen molar-refractivity contribution < 1.29 is 19.8 Å². The molecule has 0 spiro atoms. The Morgan fingerprint density at radius 3 is 1.35 bits per heavy atom. The van der Waals surface area contributed by atoms with Gasteiger partial charge in [0.05, 0.1) is 0 Å². The van der Waals surface area contributed by atoms with Gasteiger partial charge in [0, 0.05) is 5.92 Å². The number of hydrogen-bond donors (Lipinski definition) is 3. The summed E-state index contributed by atoms with van der Waals surface area (Å²) in [5.41, 5.74) is 6.00. The summed E-state index contributed by atoms with van der Waals surface area (Å²) < 4.78 is 0. The van der Waals surface area contributed by atoms with Crippen LogP contribution in [0.1, 0.15) is 47.0 Å². The summed E-state index contributed by atoms with van der Waals surface area (Å²) in [4.78, 5) is 19.0. The smallest absolute Gasteiger partial charge is 0.450 e. The summed E-state index contributed by atoms with van der Waals surface area (Å²) in [7, 11) is 0. The SMILES string of the molecule is CC1(C)CC1.CC1(C)C[C@@H]1C(N)=O.O=C(O)O. The standard InChI is InChI=1S/C6H11NO.C5H10.CH2O3/c1-6(2)3-4(6)5(7)8;1-5(2)3-4-5;2-1(3)4/h4H,3H2,1-2H3,(H2,7,8);3-4H2,1-2H3;(H2,2,3,4)/t4-;;/m1../s1. The molecule has 2 aliphatic carbocycles. The lowest BCUT2D eigenvalue weighted by Crippen LogP contribution is -2.15. The molecule has 0 aliphatic heterocycles. The van der Waals surface area contributed by atoms with Gasteiger partial charge in [0.25, 0.3) is 0 Å². The predicted octanol–water partition coefficient (Wildman–Crippen LogP) is 2.55. The Morgan fingerprint density at radius 2 is 1.35 bits per heavy atom. The molecule has 4 N–H and O–H groups in total. The van der Waals surface area contributed by atoms with Gasteiger partial charge in [0.1, 0.15) is 0 Å². The van der Waals surface area contributed by atoms with Gasteiger partial charge in [-0.25, -0.2) is 4.79 Å². The third-order valence-electron chi connectivity index (χ3n) is 3.11. The zero-order chi connectivity index (χ0) is 13.9. The Labute approximate surface area is 102 Å². The monoisotopic (exact) mass is 245 g/mol. The third kappa shape index (κ3) is 8.54. The minimum absolute atomic E-state index is 0.144. The average molecular weight is 245 g/mol. The number of carbonyl (C=O) groups is 2. The number of primary amides is 1. The van der Waals surface area contributed by atoms with Crippen molar-refractivity contribution in [1.29, 1.82) is 0 Å². The molecule has 0 bridgehead atoms. The van der Waals surface area contributed by atoms with E-state index in [9.17, 15) is 4.79 Å². The number of amides is 1. The number of hydrogen-bond acceptors (Lipinski definition) is 2. The van der Waals surface area contributed by atoms with E-state index >= 15 is 0 Å². The van der Waals surface area contributed by atoms with E-state index in [1.54, 1.807) is 0 Å². The van der Waals surface area contributed by atoms with Crippen LogP contribution in [0.4, 0.5) is 4.79 Å². The summed E-state index contributed by atoms with van der Waals surface area (Å²) >= 11 is 0. The fraction of sp³-hybridized carbons (Fsp3) is 0.833. The largest absolute Gasteiger partial charge is 0.503 e. The van der Waals surface area contributed by atoms with Gasteiger partial charge in [-0.2, -0.15) is 0 Å². The maximum Gasteiger partial charge on any atom is 0.503 e. The van der Waals surface area contributed by atoms with Gasteiger partial charge in [0.15, 0.2) is 0 Å². The summed E-state index contributed by atoms with van der Waals surface area (Å²) in [6.45, 7) is 8.71. The Morgan fingerprint density at radius 1 is 1.12 bits per heavy atom. The molecule has 2 fully saturated rings. The van der Waals surface area contributed by atoms with Crippen molar-refractivity contribution in [3.05, 3.63) is 0 Å². The number of carbonyl (C=O) groups excluding carboxylic acids is 1. The zero-order valence-corrected chi connectivity index (χ0v) is 11.0. The molecule has 0 saturated heterocycles. The van der Waals surface area contributed by atoms with Crippen molar-refractivity contribution >= 4 is 12.1 Å². The molecule has 0 aromatic carbocycles. The first-order chi connectivity index (χ1) is 7.48. The molecule has 0 aromatic rings. The molecule has 1 atom stereocenters. The highest BCUT2D eigenvalue weighted by Crippen LogP contribution is 2.51. The highest BCUT2D eigenvalue weighted by molar-refractivity contribution is 5.80. The molecular formula is C12H23NO4. The van der Waals surface area contributed by atoms with Gasteiger partial charge in [-0.3, -0.25) is 4.79 Å². The number of carboxylic acid groups (broad SMARTS) is 2. The molecule has 0 unspecified atom stereocenters. The van der Waals surface area contributed by atoms with Gasteiger partial charge < -0.3 is 15.9 Å². The van der Waals surface area contributed by atoms with Gasteiger partial charge in [0.2, 0.25) is 5.91 Å². The van der Waals surface area contributed by atoms with E-state index in [2.05, 4.69) is 27.7 Å². The zero-order valence-electron chi connectivity index (χ0n) is 11.0. The summed E-state index contributed by atoms with van der Waals surface area (Å²) in [5.74, 6) is 0.0116. The van der Waals surface area contributed by atoms with Crippen molar-refractivity contribution in [1.82, 2.24) is 0 Å². The van der Waals surface area contributed by atoms with E-state index in [1.807, 2.05) is 0 Å². The van der Waals surface area contributed by atoms with Crippen molar-refractivity contribution in [2.45, 2.75) is 47.0 Å². The molecule has 0 radical (unpaired) electrons. The molecule has 5 nitrogen and oxygen atoms in total.